The summed E-state index contributed by atoms with van der Waals surface area (Å²) in [6.45, 7) is 2.69. The van der Waals surface area contributed by atoms with Gasteiger partial charge in [-0.1, -0.05) is 32.1 Å². The molecule has 0 saturated heterocycles. The van der Waals surface area contributed by atoms with Crippen LogP contribution in [0.15, 0.2) is 0 Å². The number of esters is 1. The molecule has 5 heteroatoms. The number of hydrogen-bond donors (Lipinski definition) is 0. The van der Waals surface area contributed by atoms with Crippen LogP contribution in [0.1, 0.15) is 58.3 Å². The van der Waals surface area contributed by atoms with Gasteiger partial charge in [0.05, 0.1) is 13.0 Å². The molecule has 0 unspecified atom stereocenters. The molecule has 1 aliphatic rings. The third-order valence-electron chi connectivity index (χ3n) is 3.97. The molecule has 0 aliphatic heterocycles. The zero-order valence-electron chi connectivity index (χ0n) is 13.4. The summed E-state index contributed by atoms with van der Waals surface area (Å²) < 4.78 is 9.93. The third-order valence-corrected chi connectivity index (χ3v) is 3.97. The lowest BCUT2D eigenvalue weighted by atomic mass is 9.95. The van der Waals surface area contributed by atoms with E-state index in [1.807, 2.05) is 4.90 Å². The Labute approximate surface area is 128 Å². The van der Waals surface area contributed by atoms with E-state index in [0.717, 1.165) is 25.7 Å². The van der Waals surface area contributed by atoms with Crippen LogP contribution in [0.4, 0.5) is 0 Å². The zero-order chi connectivity index (χ0) is 15.5. The van der Waals surface area contributed by atoms with Crippen molar-refractivity contribution in [2.45, 2.75) is 64.3 Å². The smallest absolute Gasteiger partial charge is 0.307 e. The van der Waals surface area contributed by atoms with Crippen LogP contribution < -0.4 is 0 Å². The van der Waals surface area contributed by atoms with Crippen LogP contribution in [0.25, 0.3) is 0 Å². The van der Waals surface area contributed by atoms with Crippen LogP contribution >= 0.6 is 0 Å². The molecule has 5 nitrogen and oxygen atoms in total. The van der Waals surface area contributed by atoms with E-state index in [1.54, 1.807) is 6.92 Å². The number of carbonyl (C=O) groups excluding carboxylic acids is 2. The topological polar surface area (TPSA) is 55.8 Å². The summed E-state index contributed by atoms with van der Waals surface area (Å²) in [6.07, 6.45) is 8.39. The maximum Gasteiger partial charge on any atom is 0.307 e. The first kappa shape index (κ1) is 18.0. The van der Waals surface area contributed by atoms with Gasteiger partial charge in [0.15, 0.2) is 0 Å². The minimum atomic E-state index is -0.237. The van der Waals surface area contributed by atoms with Gasteiger partial charge in [0, 0.05) is 19.7 Å². The molecule has 0 bridgehead atoms. The molecular formula is C16H29NO4. The Hall–Kier alpha value is -1.10. The van der Waals surface area contributed by atoms with Gasteiger partial charge in [0.2, 0.25) is 5.91 Å². The van der Waals surface area contributed by atoms with E-state index >= 15 is 0 Å². The van der Waals surface area contributed by atoms with Crippen molar-refractivity contribution in [1.82, 2.24) is 4.90 Å². The van der Waals surface area contributed by atoms with E-state index in [2.05, 4.69) is 0 Å². The van der Waals surface area contributed by atoms with Gasteiger partial charge in [-0.15, -0.1) is 0 Å². The molecule has 0 aromatic rings. The summed E-state index contributed by atoms with van der Waals surface area (Å²) in [5.41, 5.74) is 0. The SMILES string of the molecule is CCOC(=O)CCN(C(=O)COC)C1CCCCCCC1. The van der Waals surface area contributed by atoms with E-state index in [9.17, 15) is 9.59 Å². The highest BCUT2D eigenvalue weighted by Gasteiger charge is 2.24. The second kappa shape index (κ2) is 10.6. The van der Waals surface area contributed by atoms with Gasteiger partial charge in [-0.2, -0.15) is 0 Å². The highest BCUT2D eigenvalue weighted by atomic mass is 16.5. The second-order valence-corrected chi connectivity index (χ2v) is 5.57. The van der Waals surface area contributed by atoms with Crippen molar-refractivity contribution in [1.29, 1.82) is 0 Å². The minimum absolute atomic E-state index is 0.0210. The standard InChI is InChI=1S/C16H29NO4/c1-3-21-16(19)11-12-17(15(18)13-20-2)14-9-7-5-4-6-8-10-14/h14H,3-13H2,1-2H3. The van der Waals surface area contributed by atoms with Gasteiger partial charge < -0.3 is 14.4 Å². The molecule has 1 fully saturated rings. The quantitative estimate of drug-likeness (QED) is 0.678. The average molecular weight is 299 g/mol. The first-order chi connectivity index (χ1) is 10.2. The molecule has 122 valence electrons. The number of methoxy groups -OCH3 is 1. The van der Waals surface area contributed by atoms with Crippen LogP contribution in [-0.2, 0) is 19.1 Å². The van der Waals surface area contributed by atoms with E-state index < -0.39 is 0 Å². The third kappa shape index (κ3) is 6.93. The minimum Gasteiger partial charge on any atom is -0.466 e. The molecule has 0 N–H and O–H groups in total. The predicted octanol–water partition coefficient (Wildman–Crippen LogP) is 2.53. The molecule has 0 aromatic carbocycles. The summed E-state index contributed by atoms with van der Waals surface area (Å²) in [6, 6.07) is 0.238. The molecule has 0 spiro atoms. The Kier molecular flexibility index (Phi) is 9.06. The van der Waals surface area contributed by atoms with Gasteiger partial charge in [0.1, 0.15) is 6.61 Å². The molecule has 1 saturated carbocycles. The monoisotopic (exact) mass is 299 g/mol. The molecule has 21 heavy (non-hydrogen) atoms. The van der Waals surface area contributed by atoms with E-state index in [0.29, 0.717) is 13.2 Å². The summed E-state index contributed by atoms with van der Waals surface area (Å²) in [5, 5.41) is 0. The highest BCUT2D eigenvalue weighted by Crippen LogP contribution is 2.22. The van der Waals surface area contributed by atoms with Crippen molar-refractivity contribution in [3.05, 3.63) is 0 Å². The fourth-order valence-electron chi connectivity index (χ4n) is 2.91. The van der Waals surface area contributed by atoms with Crippen molar-refractivity contribution in [2.75, 3.05) is 26.9 Å². The van der Waals surface area contributed by atoms with Crippen LogP contribution in [-0.4, -0.2) is 49.7 Å². The molecule has 0 heterocycles. The molecule has 0 aromatic heterocycles. The predicted molar refractivity (Wildman–Crippen MR) is 80.9 cm³/mol. The van der Waals surface area contributed by atoms with E-state index in [-0.39, 0.29) is 30.9 Å². The summed E-state index contributed by atoms with van der Waals surface area (Å²) >= 11 is 0. The van der Waals surface area contributed by atoms with E-state index in [4.69, 9.17) is 9.47 Å². The van der Waals surface area contributed by atoms with Crippen molar-refractivity contribution < 1.29 is 19.1 Å². The highest BCUT2D eigenvalue weighted by molar-refractivity contribution is 5.78. The van der Waals surface area contributed by atoms with Crippen LogP contribution in [0.5, 0.6) is 0 Å². The van der Waals surface area contributed by atoms with Crippen molar-refractivity contribution >= 4 is 11.9 Å². The second-order valence-electron chi connectivity index (χ2n) is 5.57. The lowest BCUT2D eigenvalue weighted by Crippen LogP contribution is -2.43. The lowest BCUT2D eigenvalue weighted by molar-refractivity contribution is -0.145. The van der Waals surface area contributed by atoms with Gasteiger partial charge in [0.25, 0.3) is 0 Å². The molecule has 1 rings (SSSR count). The molecular weight excluding hydrogens is 270 g/mol. The summed E-state index contributed by atoms with van der Waals surface area (Å²) in [7, 11) is 1.53. The van der Waals surface area contributed by atoms with Gasteiger partial charge in [-0.05, 0) is 19.8 Å². The number of amides is 1. The Balaban J connectivity index is 2.60. The Morgan fingerprint density at radius 3 is 2.29 bits per heavy atom. The zero-order valence-corrected chi connectivity index (χ0v) is 13.4. The van der Waals surface area contributed by atoms with Gasteiger partial charge in [-0.3, -0.25) is 9.59 Å². The molecule has 0 atom stereocenters. The fourth-order valence-corrected chi connectivity index (χ4v) is 2.91. The average Bonchev–Trinajstić information content (AvgIpc) is 2.41. The lowest BCUT2D eigenvalue weighted by Gasteiger charge is -2.33. The number of nitrogens with zero attached hydrogens (tertiary/aromatic N) is 1. The van der Waals surface area contributed by atoms with Crippen molar-refractivity contribution in [3.63, 3.8) is 0 Å². The normalized spacial score (nSPS) is 16.9. The van der Waals surface area contributed by atoms with Gasteiger partial charge >= 0.3 is 5.97 Å². The number of hydrogen-bond acceptors (Lipinski definition) is 4. The Morgan fingerprint density at radius 1 is 1.10 bits per heavy atom. The Morgan fingerprint density at radius 2 is 1.71 bits per heavy atom. The number of carbonyl (C=O) groups is 2. The number of rotatable bonds is 7. The van der Waals surface area contributed by atoms with Crippen LogP contribution in [0.2, 0.25) is 0 Å². The summed E-state index contributed by atoms with van der Waals surface area (Å²) in [5.74, 6) is -0.258. The maximum atomic E-state index is 12.3. The van der Waals surface area contributed by atoms with E-state index in [1.165, 1.54) is 26.4 Å². The molecule has 1 aliphatic carbocycles. The first-order valence-corrected chi connectivity index (χ1v) is 8.13. The Bertz CT molecular complexity index is 311. The van der Waals surface area contributed by atoms with Crippen molar-refractivity contribution in [3.8, 4) is 0 Å². The van der Waals surface area contributed by atoms with Gasteiger partial charge in [-0.25, -0.2) is 0 Å². The van der Waals surface area contributed by atoms with Crippen molar-refractivity contribution in [2.24, 2.45) is 0 Å². The molecule has 0 radical (unpaired) electrons. The largest absolute Gasteiger partial charge is 0.466 e. The van der Waals surface area contributed by atoms with Crippen LogP contribution in [0, 0.1) is 0 Å². The maximum absolute atomic E-state index is 12.3. The fraction of sp³-hybridized carbons (Fsp3) is 0.875. The molecule has 1 amide bonds. The number of ether oxygens (including phenoxy) is 2. The van der Waals surface area contributed by atoms with Crippen LogP contribution in [0.3, 0.4) is 0 Å². The first-order valence-electron chi connectivity index (χ1n) is 8.13. The summed E-state index contributed by atoms with van der Waals surface area (Å²) in [4.78, 5) is 25.6.